The van der Waals surface area contributed by atoms with Gasteiger partial charge in [-0.25, -0.2) is 4.98 Å². The molecule has 1 amide bonds. The molecule has 2 N–H and O–H groups in total. The molecule has 0 unspecified atom stereocenters. The number of carbonyl (C=O) groups excluding carboxylic acids is 1. The Hall–Kier alpha value is -2.61. The molecule has 112 valence electrons. The van der Waals surface area contributed by atoms with Gasteiger partial charge < -0.3 is 9.73 Å². The quantitative estimate of drug-likeness (QED) is 0.674. The number of aromatic amines is 1. The lowest BCUT2D eigenvalue weighted by atomic mass is 10.3. The number of hydrogen-bond donors (Lipinski definition) is 2. The fraction of sp³-hybridized carbons (Fsp3) is 0.143. The van der Waals surface area contributed by atoms with E-state index >= 15 is 0 Å². The monoisotopic (exact) mass is 315 g/mol. The van der Waals surface area contributed by atoms with Crippen molar-refractivity contribution >= 4 is 17.7 Å². The Labute approximate surface area is 130 Å². The number of pyridine rings is 1. The molecule has 0 atom stereocenters. The summed E-state index contributed by atoms with van der Waals surface area (Å²) in [5.74, 6) is 1.49. The van der Waals surface area contributed by atoms with Crippen LogP contribution in [0.5, 0.6) is 0 Å². The minimum Gasteiger partial charge on any atom is -0.467 e. The summed E-state index contributed by atoms with van der Waals surface area (Å²) >= 11 is 1.26. The summed E-state index contributed by atoms with van der Waals surface area (Å²) in [6.07, 6.45) is 4.97. The van der Waals surface area contributed by atoms with Crippen LogP contribution in [0.25, 0.3) is 11.4 Å². The number of furan rings is 1. The maximum atomic E-state index is 11.7. The van der Waals surface area contributed by atoms with Gasteiger partial charge in [-0.05, 0) is 24.3 Å². The first-order valence-electron chi connectivity index (χ1n) is 6.56. The zero-order valence-corrected chi connectivity index (χ0v) is 12.3. The first-order valence-corrected chi connectivity index (χ1v) is 7.54. The minimum absolute atomic E-state index is 0.103. The second-order valence-electron chi connectivity index (χ2n) is 4.35. The molecular formula is C14H13N5O2S. The van der Waals surface area contributed by atoms with Crippen molar-refractivity contribution in [2.75, 3.05) is 5.75 Å². The lowest BCUT2D eigenvalue weighted by Gasteiger charge is -2.01. The van der Waals surface area contributed by atoms with Crippen molar-refractivity contribution in [3.8, 4) is 11.4 Å². The Morgan fingerprint density at radius 2 is 2.32 bits per heavy atom. The van der Waals surface area contributed by atoms with E-state index in [2.05, 4.69) is 25.5 Å². The lowest BCUT2D eigenvalue weighted by molar-refractivity contribution is -0.118. The third kappa shape index (κ3) is 3.73. The third-order valence-corrected chi connectivity index (χ3v) is 3.62. The van der Waals surface area contributed by atoms with Gasteiger partial charge >= 0.3 is 0 Å². The van der Waals surface area contributed by atoms with E-state index in [1.165, 1.54) is 11.8 Å². The van der Waals surface area contributed by atoms with E-state index in [1.54, 1.807) is 24.7 Å². The number of nitrogens with zero attached hydrogens (tertiary/aromatic N) is 3. The number of rotatable bonds is 6. The topological polar surface area (TPSA) is 96.7 Å². The number of carbonyl (C=O) groups is 1. The Bertz CT molecular complexity index is 727. The second-order valence-corrected chi connectivity index (χ2v) is 5.30. The summed E-state index contributed by atoms with van der Waals surface area (Å²) in [4.78, 5) is 20.1. The number of thioether (sulfide) groups is 1. The smallest absolute Gasteiger partial charge is 0.230 e. The first kappa shape index (κ1) is 14.3. The number of amides is 1. The van der Waals surface area contributed by atoms with E-state index in [9.17, 15) is 4.79 Å². The van der Waals surface area contributed by atoms with Crippen LogP contribution in [0, 0.1) is 0 Å². The van der Waals surface area contributed by atoms with Gasteiger partial charge in [-0.3, -0.25) is 14.9 Å². The Kier molecular flexibility index (Phi) is 4.50. The number of hydrogen-bond acceptors (Lipinski definition) is 6. The fourth-order valence-electron chi connectivity index (χ4n) is 1.72. The standard InChI is InChI=1S/C14H13N5O2S/c20-12(16-8-11-4-2-6-21-11)9-22-14-17-13(18-19-14)10-3-1-5-15-7-10/h1-7H,8-9H2,(H,16,20)(H,17,18,19). The first-order chi connectivity index (χ1) is 10.8. The summed E-state index contributed by atoms with van der Waals surface area (Å²) in [6.45, 7) is 0.376. The summed E-state index contributed by atoms with van der Waals surface area (Å²) in [5, 5.41) is 10.2. The molecule has 0 aliphatic heterocycles. The molecule has 3 aromatic heterocycles. The van der Waals surface area contributed by atoms with Crippen LogP contribution in [0.15, 0.2) is 52.5 Å². The average molecular weight is 315 g/mol. The molecule has 22 heavy (non-hydrogen) atoms. The van der Waals surface area contributed by atoms with Crippen LogP contribution in [0.2, 0.25) is 0 Å². The molecule has 0 aliphatic carbocycles. The van der Waals surface area contributed by atoms with Crippen LogP contribution in [0.1, 0.15) is 5.76 Å². The van der Waals surface area contributed by atoms with Crippen molar-refractivity contribution in [3.05, 3.63) is 48.7 Å². The summed E-state index contributed by atoms with van der Waals surface area (Å²) in [6, 6.07) is 7.30. The molecule has 0 aromatic carbocycles. The average Bonchev–Trinajstić information content (AvgIpc) is 3.23. The molecule has 0 saturated carbocycles. The van der Waals surface area contributed by atoms with E-state index in [4.69, 9.17) is 4.42 Å². The molecule has 0 fully saturated rings. The van der Waals surface area contributed by atoms with Crippen LogP contribution in [-0.4, -0.2) is 31.8 Å². The summed E-state index contributed by atoms with van der Waals surface area (Å²) in [7, 11) is 0. The normalized spacial score (nSPS) is 10.5. The van der Waals surface area contributed by atoms with Crippen LogP contribution in [0.3, 0.4) is 0 Å². The number of nitrogens with one attached hydrogen (secondary N) is 2. The van der Waals surface area contributed by atoms with Crippen molar-refractivity contribution < 1.29 is 9.21 Å². The van der Waals surface area contributed by atoms with Gasteiger partial charge in [0.1, 0.15) is 5.76 Å². The van der Waals surface area contributed by atoms with Gasteiger partial charge in [0.05, 0.1) is 18.6 Å². The summed E-state index contributed by atoms with van der Waals surface area (Å²) < 4.78 is 5.14. The zero-order valence-electron chi connectivity index (χ0n) is 11.5. The molecular weight excluding hydrogens is 302 g/mol. The van der Waals surface area contributed by atoms with Crippen molar-refractivity contribution in [1.29, 1.82) is 0 Å². The molecule has 3 rings (SSSR count). The SMILES string of the molecule is O=C(CSc1n[nH]c(-c2cccnc2)n1)NCc1ccco1. The van der Waals surface area contributed by atoms with Gasteiger partial charge in [0.2, 0.25) is 11.1 Å². The molecule has 3 aromatic rings. The third-order valence-electron chi connectivity index (χ3n) is 2.77. The Morgan fingerprint density at radius 3 is 3.09 bits per heavy atom. The second kappa shape index (κ2) is 6.90. The van der Waals surface area contributed by atoms with Crippen LogP contribution in [-0.2, 0) is 11.3 Å². The van der Waals surface area contributed by atoms with Crippen molar-refractivity contribution in [2.45, 2.75) is 11.7 Å². The Balaban J connectivity index is 1.49. The maximum Gasteiger partial charge on any atom is 0.230 e. The predicted molar refractivity (Wildman–Crippen MR) is 80.9 cm³/mol. The highest BCUT2D eigenvalue weighted by Gasteiger charge is 2.09. The Morgan fingerprint density at radius 1 is 1.36 bits per heavy atom. The minimum atomic E-state index is -0.103. The highest BCUT2D eigenvalue weighted by molar-refractivity contribution is 7.99. The van der Waals surface area contributed by atoms with Gasteiger partial charge in [0.25, 0.3) is 0 Å². The predicted octanol–water partition coefficient (Wildman–Crippen LogP) is 1.87. The van der Waals surface area contributed by atoms with E-state index in [0.717, 1.165) is 11.3 Å². The van der Waals surface area contributed by atoms with Crippen molar-refractivity contribution in [3.63, 3.8) is 0 Å². The van der Waals surface area contributed by atoms with E-state index < -0.39 is 0 Å². The van der Waals surface area contributed by atoms with E-state index in [-0.39, 0.29) is 11.7 Å². The van der Waals surface area contributed by atoms with Crippen LogP contribution < -0.4 is 5.32 Å². The van der Waals surface area contributed by atoms with E-state index in [0.29, 0.717) is 17.5 Å². The molecule has 0 spiro atoms. The zero-order chi connectivity index (χ0) is 15.2. The number of H-pyrrole nitrogens is 1. The largest absolute Gasteiger partial charge is 0.467 e. The van der Waals surface area contributed by atoms with Gasteiger partial charge in [-0.1, -0.05) is 11.8 Å². The van der Waals surface area contributed by atoms with E-state index in [1.807, 2.05) is 18.2 Å². The highest BCUT2D eigenvalue weighted by Crippen LogP contribution is 2.17. The summed E-state index contributed by atoms with van der Waals surface area (Å²) in [5.41, 5.74) is 0.851. The van der Waals surface area contributed by atoms with Gasteiger partial charge in [-0.15, -0.1) is 5.10 Å². The molecule has 3 heterocycles. The molecule has 0 aliphatic rings. The van der Waals surface area contributed by atoms with Gasteiger partial charge in [-0.2, -0.15) is 0 Å². The van der Waals surface area contributed by atoms with Crippen LogP contribution in [0.4, 0.5) is 0 Å². The van der Waals surface area contributed by atoms with Gasteiger partial charge in [0.15, 0.2) is 5.82 Å². The fourth-order valence-corrected chi connectivity index (χ4v) is 2.35. The highest BCUT2D eigenvalue weighted by atomic mass is 32.2. The molecule has 0 radical (unpaired) electrons. The molecule has 7 nitrogen and oxygen atoms in total. The van der Waals surface area contributed by atoms with Crippen molar-refractivity contribution in [2.24, 2.45) is 0 Å². The number of aromatic nitrogens is 4. The lowest BCUT2D eigenvalue weighted by Crippen LogP contribution is -2.24. The van der Waals surface area contributed by atoms with Crippen LogP contribution >= 0.6 is 11.8 Å². The maximum absolute atomic E-state index is 11.7. The van der Waals surface area contributed by atoms with Crippen molar-refractivity contribution in [1.82, 2.24) is 25.5 Å². The van der Waals surface area contributed by atoms with Gasteiger partial charge in [0, 0.05) is 18.0 Å². The molecule has 8 heteroatoms. The molecule has 0 bridgehead atoms. The molecule has 0 saturated heterocycles.